The quantitative estimate of drug-likeness (QED) is 0.116. The number of H-pyrrole nitrogens is 1. The number of carboxylic acid groups (broad SMARTS) is 1. The Labute approximate surface area is 243 Å². The molecule has 1 aliphatic heterocycles. The fraction of sp³-hybridized carbons (Fsp3) is 0.688. The molecule has 0 saturated carbocycles. The number of aromatic amines is 1. The van der Waals surface area contributed by atoms with E-state index in [2.05, 4.69) is 4.98 Å². The SMILES string of the molecule is C[C@H](CCCCCCCCCCCC[C@@H](O)CC(=O)O)O[C@@H]1O[C@@H](C)[C@H](OC(=O)c2c[nH]c3ccccc23)C[C@H]1O. The second-order valence-corrected chi connectivity index (χ2v) is 11.5. The van der Waals surface area contributed by atoms with Crippen LogP contribution in [0.4, 0.5) is 0 Å². The molecular formula is C32H49NO8. The molecule has 0 amide bonds. The topological polar surface area (TPSA) is 138 Å². The molecule has 0 aliphatic carbocycles. The van der Waals surface area contributed by atoms with Gasteiger partial charge in [0.25, 0.3) is 0 Å². The van der Waals surface area contributed by atoms with Gasteiger partial charge in [0.1, 0.15) is 12.2 Å². The number of fused-ring (bicyclic) bond motifs is 1. The minimum absolute atomic E-state index is 0.0406. The summed E-state index contributed by atoms with van der Waals surface area (Å²) in [7, 11) is 0. The van der Waals surface area contributed by atoms with Gasteiger partial charge in [0.2, 0.25) is 0 Å². The number of hydrogen-bond acceptors (Lipinski definition) is 7. The van der Waals surface area contributed by atoms with Crippen LogP contribution in [-0.4, -0.2) is 69.1 Å². The van der Waals surface area contributed by atoms with Crippen LogP contribution in [0.25, 0.3) is 10.9 Å². The summed E-state index contributed by atoms with van der Waals surface area (Å²) in [6.07, 6.45) is 11.2. The fourth-order valence-electron chi connectivity index (χ4n) is 5.47. The summed E-state index contributed by atoms with van der Waals surface area (Å²) < 4.78 is 17.7. The normalized spacial score (nSPS) is 22.4. The van der Waals surface area contributed by atoms with Gasteiger partial charge in [-0.15, -0.1) is 0 Å². The number of nitrogens with one attached hydrogen (secondary N) is 1. The molecule has 3 rings (SSSR count). The van der Waals surface area contributed by atoms with E-state index in [1.165, 1.54) is 32.1 Å². The molecule has 9 heteroatoms. The number of carboxylic acids is 1. The van der Waals surface area contributed by atoms with Crippen molar-refractivity contribution in [3.05, 3.63) is 36.0 Å². The molecular weight excluding hydrogens is 526 g/mol. The van der Waals surface area contributed by atoms with Crippen LogP contribution in [0.3, 0.4) is 0 Å². The molecule has 1 fully saturated rings. The van der Waals surface area contributed by atoms with Crippen molar-refractivity contribution in [2.45, 2.75) is 141 Å². The summed E-state index contributed by atoms with van der Waals surface area (Å²) in [6, 6.07) is 7.55. The summed E-state index contributed by atoms with van der Waals surface area (Å²) in [5.41, 5.74) is 1.34. The molecule has 41 heavy (non-hydrogen) atoms. The molecule has 0 spiro atoms. The number of aliphatic carboxylic acids is 1. The predicted octanol–water partition coefficient (Wildman–Crippen LogP) is 6.11. The average molecular weight is 576 g/mol. The van der Waals surface area contributed by atoms with E-state index in [1.54, 1.807) is 6.20 Å². The largest absolute Gasteiger partial charge is 0.481 e. The number of aliphatic hydroxyl groups excluding tert-OH is 2. The van der Waals surface area contributed by atoms with E-state index in [0.29, 0.717) is 12.0 Å². The maximum absolute atomic E-state index is 12.8. The number of carbonyl (C=O) groups is 2. The smallest absolute Gasteiger partial charge is 0.340 e. The van der Waals surface area contributed by atoms with Gasteiger partial charge in [0.15, 0.2) is 6.29 Å². The zero-order chi connectivity index (χ0) is 29.6. The highest BCUT2D eigenvalue weighted by Crippen LogP contribution is 2.27. The molecule has 6 atom stereocenters. The van der Waals surface area contributed by atoms with Crippen LogP contribution in [-0.2, 0) is 19.0 Å². The van der Waals surface area contributed by atoms with E-state index in [4.69, 9.17) is 19.3 Å². The molecule has 2 aromatic rings. The Balaban J connectivity index is 1.21. The van der Waals surface area contributed by atoms with Crippen molar-refractivity contribution in [1.29, 1.82) is 0 Å². The van der Waals surface area contributed by atoms with Crippen molar-refractivity contribution in [3.8, 4) is 0 Å². The molecule has 2 heterocycles. The molecule has 1 saturated heterocycles. The van der Waals surface area contributed by atoms with Crippen molar-refractivity contribution in [1.82, 2.24) is 4.98 Å². The average Bonchev–Trinajstić information content (AvgIpc) is 3.36. The lowest BCUT2D eigenvalue weighted by Gasteiger charge is -2.38. The second-order valence-electron chi connectivity index (χ2n) is 11.5. The van der Waals surface area contributed by atoms with Crippen LogP contribution in [0.15, 0.2) is 30.5 Å². The zero-order valence-corrected chi connectivity index (χ0v) is 24.6. The molecule has 230 valence electrons. The Morgan fingerprint density at radius 3 is 2.27 bits per heavy atom. The van der Waals surface area contributed by atoms with Gasteiger partial charge >= 0.3 is 11.9 Å². The number of aromatic nitrogens is 1. The molecule has 9 nitrogen and oxygen atoms in total. The molecule has 0 unspecified atom stereocenters. The number of hydrogen-bond donors (Lipinski definition) is 4. The summed E-state index contributed by atoms with van der Waals surface area (Å²) in [6.45, 7) is 3.84. The van der Waals surface area contributed by atoms with Crippen molar-refractivity contribution < 1.29 is 39.1 Å². The lowest BCUT2D eigenvalue weighted by molar-refractivity contribution is -0.273. The third-order valence-corrected chi connectivity index (χ3v) is 7.90. The van der Waals surface area contributed by atoms with E-state index >= 15 is 0 Å². The molecule has 4 N–H and O–H groups in total. The standard InChI is InChI=1S/C32H49NO8/c1-22(15-11-9-7-5-3-4-6-8-10-12-16-24(34)19-30(36)37)39-32-28(35)20-29(23(2)40-32)41-31(38)26-21-33-27-18-14-13-17-25(26)27/h13-14,17-18,21-24,28-29,32-35H,3-12,15-16,19-20H2,1-2H3,(H,36,37)/t22-,23+,24-,28-,29-,32-/m1/s1. The first-order valence-electron chi connectivity index (χ1n) is 15.4. The predicted molar refractivity (Wildman–Crippen MR) is 157 cm³/mol. The summed E-state index contributed by atoms with van der Waals surface area (Å²) in [5, 5.41) is 29.7. The fourth-order valence-corrected chi connectivity index (χ4v) is 5.47. The Hall–Kier alpha value is -2.46. The van der Waals surface area contributed by atoms with Gasteiger partial charge in [0, 0.05) is 23.5 Å². The number of carbonyl (C=O) groups excluding carboxylic acids is 1. The highest BCUT2D eigenvalue weighted by Gasteiger charge is 2.38. The van der Waals surface area contributed by atoms with Gasteiger partial charge in [-0.2, -0.15) is 0 Å². The number of rotatable bonds is 19. The minimum Gasteiger partial charge on any atom is -0.481 e. The highest BCUT2D eigenvalue weighted by molar-refractivity contribution is 6.04. The first-order chi connectivity index (χ1) is 19.7. The van der Waals surface area contributed by atoms with Crippen LogP contribution in [0.5, 0.6) is 0 Å². The van der Waals surface area contributed by atoms with Gasteiger partial charge in [-0.25, -0.2) is 4.79 Å². The van der Waals surface area contributed by atoms with Crippen LogP contribution in [0.1, 0.15) is 114 Å². The van der Waals surface area contributed by atoms with E-state index in [0.717, 1.165) is 49.4 Å². The highest BCUT2D eigenvalue weighted by atomic mass is 16.7. The number of aliphatic hydroxyl groups is 2. The minimum atomic E-state index is -0.941. The van der Waals surface area contributed by atoms with Crippen molar-refractivity contribution in [2.75, 3.05) is 0 Å². The number of para-hydroxylation sites is 1. The number of ether oxygens (including phenoxy) is 3. The van der Waals surface area contributed by atoms with Crippen LogP contribution in [0, 0.1) is 0 Å². The zero-order valence-electron chi connectivity index (χ0n) is 24.6. The maximum atomic E-state index is 12.8. The molecule has 1 aliphatic rings. The molecule has 1 aromatic heterocycles. The van der Waals surface area contributed by atoms with Crippen molar-refractivity contribution >= 4 is 22.8 Å². The monoisotopic (exact) mass is 575 g/mol. The third kappa shape index (κ3) is 11.4. The van der Waals surface area contributed by atoms with E-state index in [-0.39, 0.29) is 18.9 Å². The van der Waals surface area contributed by atoms with Crippen molar-refractivity contribution in [2.24, 2.45) is 0 Å². The first-order valence-corrected chi connectivity index (χ1v) is 15.4. The Kier molecular flexibility index (Phi) is 14.1. The Morgan fingerprint density at radius 2 is 1.61 bits per heavy atom. The van der Waals surface area contributed by atoms with Crippen LogP contribution >= 0.6 is 0 Å². The molecule has 1 aromatic carbocycles. The van der Waals surface area contributed by atoms with Crippen LogP contribution < -0.4 is 0 Å². The lowest BCUT2D eigenvalue weighted by atomic mass is 10.0. The number of unbranched alkanes of at least 4 members (excludes halogenated alkanes) is 9. The van der Waals surface area contributed by atoms with Gasteiger partial charge in [0.05, 0.1) is 30.3 Å². The number of esters is 1. The first kappa shape index (κ1) is 33.0. The van der Waals surface area contributed by atoms with E-state index < -0.39 is 42.6 Å². The van der Waals surface area contributed by atoms with Gasteiger partial charge in [-0.3, -0.25) is 4.79 Å². The second kappa shape index (κ2) is 17.5. The van der Waals surface area contributed by atoms with E-state index in [1.807, 2.05) is 38.1 Å². The van der Waals surface area contributed by atoms with Gasteiger partial charge < -0.3 is 34.5 Å². The lowest BCUT2D eigenvalue weighted by Crippen LogP contribution is -2.49. The van der Waals surface area contributed by atoms with E-state index in [9.17, 15) is 19.8 Å². The summed E-state index contributed by atoms with van der Waals surface area (Å²) in [4.78, 5) is 26.4. The van der Waals surface area contributed by atoms with Crippen molar-refractivity contribution in [3.63, 3.8) is 0 Å². The third-order valence-electron chi connectivity index (χ3n) is 7.90. The van der Waals surface area contributed by atoms with Gasteiger partial charge in [-0.1, -0.05) is 82.4 Å². The molecule has 0 radical (unpaired) electrons. The Bertz CT molecular complexity index is 1060. The Morgan fingerprint density at radius 1 is 1.00 bits per heavy atom. The molecule has 0 bridgehead atoms. The maximum Gasteiger partial charge on any atom is 0.340 e. The number of benzene rings is 1. The van der Waals surface area contributed by atoms with Gasteiger partial charge in [-0.05, 0) is 32.8 Å². The summed E-state index contributed by atoms with van der Waals surface area (Å²) in [5.74, 6) is -1.38. The van der Waals surface area contributed by atoms with Crippen LogP contribution in [0.2, 0.25) is 0 Å². The summed E-state index contributed by atoms with van der Waals surface area (Å²) >= 11 is 0.